The Morgan fingerprint density at radius 3 is 0.776 bits per heavy atom. The first-order chi connectivity index (χ1) is 47.3. The highest BCUT2D eigenvalue weighted by Crippen LogP contribution is 2.45. The third kappa shape index (κ3) is 71.1. The summed E-state index contributed by atoms with van der Waals surface area (Å²) in [5, 5.41) is 10.6. The number of unbranched alkanes of at least 4 members (excludes halogenated alkanes) is 44. The first kappa shape index (κ1) is 96.1. The second-order valence-electron chi connectivity index (χ2n) is 29.6. The molecule has 6 atom stereocenters. The molecular weight excluding hydrogens is 1280 g/mol. The number of aliphatic hydroxyl groups is 1. The van der Waals surface area contributed by atoms with Crippen LogP contribution in [-0.4, -0.2) is 96.7 Å². The zero-order valence-electron chi connectivity index (χ0n) is 64.3. The highest BCUT2D eigenvalue weighted by Gasteiger charge is 2.30. The van der Waals surface area contributed by atoms with Gasteiger partial charge in [-0.3, -0.25) is 37.3 Å². The van der Waals surface area contributed by atoms with Crippen molar-refractivity contribution in [3.05, 3.63) is 0 Å². The number of aliphatic hydroxyl groups excluding tert-OH is 1. The summed E-state index contributed by atoms with van der Waals surface area (Å²) in [7, 11) is -9.92. The molecule has 0 spiro atoms. The summed E-state index contributed by atoms with van der Waals surface area (Å²) in [6, 6.07) is 0. The molecule has 0 aromatic heterocycles. The van der Waals surface area contributed by atoms with Crippen molar-refractivity contribution in [2.24, 2.45) is 17.8 Å². The molecule has 0 aliphatic carbocycles. The molecule has 0 radical (unpaired) electrons. The van der Waals surface area contributed by atoms with Crippen molar-refractivity contribution in [2.75, 3.05) is 39.6 Å². The van der Waals surface area contributed by atoms with Gasteiger partial charge >= 0.3 is 39.5 Å². The molecule has 98 heavy (non-hydrogen) atoms. The van der Waals surface area contributed by atoms with Gasteiger partial charge in [-0.1, -0.05) is 357 Å². The van der Waals surface area contributed by atoms with Crippen LogP contribution in [-0.2, 0) is 65.4 Å². The average molecular weight is 1440 g/mol. The fourth-order valence-electron chi connectivity index (χ4n) is 12.1. The molecule has 0 aromatic carbocycles. The zero-order valence-corrected chi connectivity index (χ0v) is 66.0. The number of phosphoric ester groups is 2. The summed E-state index contributed by atoms with van der Waals surface area (Å²) in [5.74, 6) is 0.290. The van der Waals surface area contributed by atoms with Gasteiger partial charge in [-0.15, -0.1) is 0 Å². The number of rotatable bonds is 77. The van der Waals surface area contributed by atoms with Crippen LogP contribution in [0.5, 0.6) is 0 Å². The fourth-order valence-corrected chi connectivity index (χ4v) is 13.7. The van der Waals surface area contributed by atoms with Crippen LogP contribution < -0.4 is 0 Å². The fraction of sp³-hybridized carbons (Fsp3) is 0.949. The van der Waals surface area contributed by atoms with Crippen molar-refractivity contribution in [1.29, 1.82) is 0 Å². The molecule has 0 aliphatic heterocycles. The van der Waals surface area contributed by atoms with Gasteiger partial charge in [-0.25, -0.2) is 9.13 Å². The molecule has 582 valence electrons. The molecule has 0 saturated heterocycles. The number of esters is 4. The van der Waals surface area contributed by atoms with Gasteiger partial charge in [0.25, 0.3) is 0 Å². The Kier molecular flexibility index (Phi) is 68.1. The maximum atomic E-state index is 13.1. The normalized spacial score (nSPS) is 14.3. The van der Waals surface area contributed by atoms with Gasteiger partial charge in [0, 0.05) is 25.7 Å². The van der Waals surface area contributed by atoms with Gasteiger partial charge < -0.3 is 33.8 Å². The molecule has 19 heteroatoms. The third-order valence-electron chi connectivity index (χ3n) is 18.7. The Labute approximate surface area is 600 Å². The minimum atomic E-state index is -4.96. The van der Waals surface area contributed by atoms with Crippen LogP contribution in [0.4, 0.5) is 0 Å². The predicted octanol–water partition coefficient (Wildman–Crippen LogP) is 23.4. The summed E-state index contributed by atoms with van der Waals surface area (Å²) in [6.07, 6.45) is 56.7. The van der Waals surface area contributed by atoms with Gasteiger partial charge in [0.15, 0.2) is 12.2 Å². The van der Waals surface area contributed by atoms with Gasteiger partial charge in [0.2, 0.25) is 0 Å². The number of carbonyl (C=O) groups excluding carboxylic acids is 4. The molecule has 0 aromatic rings. The molecule has 0 bridgehead atoms. The maximum Gasteiger partial charge on any atom is 0.472 e. The van der Waals surface area contributed by atoms with Crippen LogP contribution in [0.25, 0.3) is 0 Å². The molecule has 0 amide bonds. The van der Waals surface area contributed by atoms with Gasteiger partial charge in [-0.05, 0) is 43.4 Å². The first-order valence-electron chi connectivity index (χ1n) is 40.9. The lowest BCUT2D eigenvalue weighted by atomic mass is 9.99. The van der Waals surface area contributed by atoms with Gasteiger partial charge in [-0.2, -0.15) is 0 Å². The molecular formula is C79H154O17P2. The van der Waals surface area contributed by atoms with E-state index in [0.717, 1.165) is 108 Å². The summed E-state index contributed by atoms with van der Waals surface area (Å²) < 4.78 is 68.6. The van der Waals surface area contributed by atoms with Crippen molar-refractivity contribution in [2.45, 2.75) is 426 Å². The molecule has 0 heterocycles. The van der Waals surface area contributed by atoms with E-state index in [9.17, 15) is 43.2 Å². The van der Waals surface area contributed by atoms with Gasteiger partial charge in [0.1, 0.15) is 19.3 Å². The lowest BCUT2D eigenvalue weighted by molar-refractivity contribution is -0.161. The number of hydrogen-bond acceptors (Lipinski definition) is 15. The van der Waals surface area contributed by atoms with Gasteiger partial charge in [0.05, 0.1) is 26.4 Å². The van der Waals surface area contributed by atoms with E-state index in [2.05, 4.69) is 48.5 Å². The SMILES string of the molecule is CCCCCCCCCCCCC(=O)OC[C@H](COP(=O)(O)OC[C@H](O)COP(=O)(O)OC[C@@H](COC(=O)CCCCCCCCCCCCCCCC(C)C)OC(=O)CCCCCCCCCCCCCCCCC(C)CC)OC(=O)CCCCCCCCCCCCCC(C)C. The molecule has 0 rings (SSSR count). The Bertz CT molecular complexity index is 1910. The Balaban J connectivity index is 5.25. The smallest absolute Gasteiger partial charge is 0.462 e. The maximum absolute atomic E-state index is 13.1. The van der Waals surface area contributed by atoms with Crippen molar-refractivity contribution >= 4 is 39.5 Å². The Morgan fingerprint density at radius 1 is 0.296 bits per heavy atom. The molecule has 3 unspecified atom stereocenters. The predicted molar refractivity (Wildman–Crippen MR) is 400 cm³/mol. The van der Waals surface area contributed by atoms with E-state index >= 15 is 0 Å². The largest absolute Gasteiger partial charge is 0.472 e. The minimum absolute atomic E-state index is 0.106. The van der Waals surface area contributed by atoms with Crippen molar-refractivity contribution < 1.29 is 80.2 Å². The van der Waals surface area contributed by atoms with E-state index in [-0.39, 0.29) is 25.7 Å². The number of ether oxygens (including phenoxy) is 4. The second-order valence-corrected chi connectivity index (χ2v) is 32.6. The standard InChI is InChI=1S/C79H154O17P2/c1-8-10-11-12-13-14-32-39-46-53-60-76(81)89-66-74(96-79(84)63-56-49-42-35-28-22-24-30-37-44-51-58-71(5)6)68-93-97(85,86)91-64-73(80)65-92-98(87,88)94-69-75(67-90-77(82)61-54-47-40-33-26-21-17-18-23-29-36-43-50-57-70(3)4)95-78(83)62-55-48-41-34-27-20-16-15-19-25-31-38-45-52-59-72(7)9-2/h70-75,80H,8-69H2,1-7H3,(H,85,86)(H,87,88)/t72?,73-,74+,75+/m0/s1. The first-order valence-corrected chi connectivity index (χ1v) is 43.9. The van der Waals surface area contributed by atoms with E-state index in [0.29, 0.717) is 25.7 Å². The van der Waals surface area contributed by atoms with E-state index in [1.165, 1.54) is 218 Å². The molecule has 3 N–H and O–H groups in total. The van der Waals surface area contributed by atoms with Crippen molar-refractivity contribution in [1.82, 2.24) is 0 Å². The summed E-state index contributed by atoms with van der Waals surface area (Å²) in [4.78, 5) is 72.9. The van der Waals surface area contributed by atoms with Crippen LogP contribution in [0.2, 0.25) is 0 Å². The van der Waals surface area contributed by atoms with Crippen LogP contribution in [0.15, 0.2) is 0 Å². The number of hydrogen-bond donors (Lipinski definition) is 3. The van der Waals surface area contributed by atoms with E-state index in [4.69, 9.17) is 37.0 Å². The summed E-state index contributed by atoms with van der Waals surface area (Å²) in [5.41, 5.74) is 0. The molecule has 0 fully saturated rings. The Hall–Kier alpha value is -1.94. The van der Waals surface area contributed by atoms with Crippen LogP contribution in [0.3, 0.4) is 0 Å². The number of phosphoric acid groups is 2. The minimum Gasteiger partial charge on any atom is -0.462 e. The Morgan fingerprint density at radius 2 is 0.520 bits per heavy atom. The average Bonchev–Trinajstić information content (AvgIpc) is 0.999. The quantitative estimate of drug-likeness (QED) is 0.0222. The molecule has 17 nitrogen and oxygen atoms in total. The van der Waals surface area contributed by atoms with E-state index in [1.54, 1.807) is 0 Å². The van der Waals surface area contributed by atoms with E-state index in [1.807, 2.05) is 0 Å². The lowest BCUT2D eigenvalue weighted by Gasteiger charge is -2.21. The molecule has 0 saturated carbocycles. The van der Waals surface area contributed by atoms with E-state index < -0.39 is 97.5 Å². The van der Waals surface area contributed by atoms with Crippen LogP contribution >= 0.6 is 15.6 Å². The highest BCUT2D eigenvalue weighted by molar-refractivity contribution is 7.47. The monoisotopic (exact) mass is 1440 g/mol. The third-order valence-corrected chi connectivity index (χ3v) is 20.6. The highest BCUT2D eigenvalue weighted by atomic mass is 31.2. The van der Waals surface area contributed by atoms with Crippen molar-refractivity contribution in [3.8, 4) is 0 Å². The lowest BCUT2D eigenvalue weighted by Crippen LogP contribution is -2.30. The van der Waals surface area contributed by atoms with Crippen LogP contribution in [0.1, 0.15) is 408 Å². The second kappa shape index (κ2) is 69.4. The molecule has 0 aliphatic rings. The topological polar surface area (TPSA) is 237 Å². The zero-order chi connectivity index (χ0) is 72.3. The van der Waals surface area contributed by atoms with Crippen LogP contribution in [0, 0.1) is 17.8 Å². The number of carbonyl (C=O) groups is 4. The van der Waals surface area contributed by atoms with Crippen molar-refractivity contribution in [3.63, 3.8) is 0 Å². The summed E-state index contributed by atoms with van der Waals surface area (Å²) >= 11 is 0. The summed E-state index contributed by atoms with van der Waals surface area (Å²) in [6.45, 7) is 12.0.